The van der Waals surface area contributed by atoms with E-state index in [2.05, 4.69) is 4.90 Å². The third-order valence-electron chi connectivity index (χ3n) is 4.78. The van der Waals surface area contributed by atoms with Crippen LogP contribution in [0.15, 0.2) is 24.3 Å². The average molecular weight is 306 g/mol. The van der Waals surface area contributed by atoms with Crippen molar-refractivity contribution in [2.24, 2.45) is 0 Å². The van der Waals surface area contributed by atoms with Crippen LogP contribution < -0.4 is 0 Å². The van der Waals surface area contributed by atoms with E-state index in [9.17, 15) is 14.3 Å². The van der Waals surface area contributed by atoms with Crippen molar-refractivity contribution in [1.82, 2.24) is 9.80 Å². The molecule has 4 nitrogen and oxygen atoms in total. The molecule has 0 unspecified atom stereocenters. The Labute approximate surface area is 130 Å². The summed E-state index contributed by atoms with van der Waals surface area (Å²) in [4.78, 5) is 16.4. The second kappa shape index (κ2) is 6.34. The molecule has 22 heavy (non-hydrogen) atoms. The molecule has 1 aromatic rings. The SMILES string of the molecule is O=C(N1CCN(Cc2cccc(F)c2)CC1)C1(O)CCCC1. The Balaban J connectivity index is 1.53. The topological polar surface area (TPSA) is 43.8 Å². The van der Waals surface area contributed by atoms with Gasteiger partial charge in [-0.1, -0.05) is 12.1 Å². The van der Waals surface area contributed by atoms with E-state index in [0.29, 0.717) is 32.5 Å². The first-order chi connectivity index (χ1) is 10.6. The summed E-state index contributed by atoms with van der Waals surface area (Å²) in [5.41, 5.74) is -0.167. The predicted octanol–water partition coefficient (Wildman–Crippen LogP) is 1.77. The standard InChI is InChI=1S/C17H23FN2O2/c18-15-5-3-4-14(12-15)13-19-8-10-20(11-9-19)16(21)17(22)6-1-2-7-17/h3-5,12,22H,1-2,6-11,13H2. The maximum absolute atomic E-state index is 13.2. The molecule has 0 radical (unpaired) electrons. The van der Waals surface area contributed by atoms with Gasteiger partial charge in [-0.15, -0.1) is 0 Å². The first-order valence-corrected chi connectivity index (χ1v) is 8.05. The van der Waals surface area contributed by atoms with Crippen LogP contribution in [0.1, 0.15) is 31.2 Å². The van der Waals surface area contributed by atoms with Crippen molar-refractivity contribution in [3.05, 3.63) is 35.6 Å². The molecule has 1 amide bonds. The van der Waals surface area contributed by atoms with Crippen LogP contribution >= 0.6 is 0 Å². The maximum atomic E-state index is 13.2. The predicted molar refractivity (Wildman–Crippen MR) is 81.7 cm³/mol. The molecule has 1 aliphatic carbocycles. The zero-order valence-corrected chi connectivity index (χ0v) is 12.8. The van der Waals surface area contributed by atoms with Crippen molar-refractivity contribution in [2.45, 2.75) is 37.8 Å². The fourth-order valence-corrected chi connectivity index (χ4v) is 3.47. The number of hydrogen-bond donors (Lipinski definition) is 1. The van der Waals surface area contributed by atoms with Crippen molar-refractivity contribution in [1.29, 1.82) is 0 Å². The van der Waals surface area contributed by atoms with Gasteiger partial charge in [0.15, 0.2) is 0 Å². The van der Waals surface area contributed by atoms with Gasteiger partial charge in [0.2, 0.25) is 0 Å². The zero-order valence-electron chi connectivity index (χ0n) is 12.8. The molecule has 2 fully saturated rings. The minimum atomic E-state index is -1.12. The first kappa shape index (κ1) is 15.4. The normalized spacial score (nSPS) is 22.0. The highest BCUT2D eigenvalue weighted by Crippen LogP contribution is 2.31. The summed E-state index contributed by atoms with van der Waals surface area (Å²) in [6, 6.07) is 6.64. The van der Waals surface area contributed by atoms with Crippen molar-refractivity contribution >= 4 is 5.91 Å². The summed E-state index contributed by atoms with van der Waals surface area (Å²) < 4.78 is 13.2. The molecular weight excluding hydrogens is 283 g/mol. The first-order valence-electron chi connectivity index (χ1n) is 8.05. The Hall–Kier alpha value is -1.46. The largest absolute Gasteiger partial charge is 0.380 e. The van der Waals surface area contributed by atoms with Crippen LogP contribution in [0.3, 0.4) is 0 Å². The number of rotatable bonds is 3. The van der Waals surface area contributed by atoms with Crippen LogP contribution in [-0.4, -0.2) is 52.6 Å². The molecule has 120 valence electrons. The summed E-state index contributed by atoms with van der Waals surface area (Å²) >= 11 is 0. The molecule has 1 saturated heterocycles. The van der Waals surface area contributed by atoms with E-state index in [1.54, 1.807) is 17.0 Å². The highest BCUT2D eigenvalue weighted by atomic mass is 19.1. The fourth-order valence-electron chi connectivity index (χ4n) is 3.47. The van der Waals surface area contributed by atoms with Gasteiger partial charge in [0.1, 0.15) is 11.4 Å². The van der Waals surface area contributed by atoms with Gasteiger partial charge in [0, 0.05) is 32.7 Å². The van der Waals surface area contributed by atoms with Crippen LogP contribution in [0.4, 0.5) is 4.39 Å². The van der Waals surface area contributed by atoms with Crippen LogP contribution in [0.2, 0.25) is 0 Å². The summed E-state index contributed by atoms with van der Waals surface area (Å²) in [6.07, 6.45) is 3.05. The minimum Gasteiger partial charge on any atom is -0.380 e. The second-order valence-electron chi connectivity index (χ2n) is 6.44. The number of benzene rings is 1. The average Bonchev–Trinajstić information content (AvgIpc) is 2.95. The molecule has 1 heterocycles. The van der Waals surface area contributed by atoms with Gasteiger partial charge in [0.25, 0.3) is 5.91 Å². The third-order valence-corrected chi connectivity index (χ3v) is 4.78. The smallest absolute Gasteiger partial charge is 0.254 e. The molecule has 1 saturated carbocycles. The van der Waals surface area contributed by atoms with E-state index in [-0.39, 0.29) is 11.7 Å². The van der Waals surface area contributed by atoms with Gasteiger partial charge in [-0.2, -0.15) is 0 Å². The lowest BCUT2D eigenvalue weighted by Gasteiger charge is -2.38. The van der Waals surface area contributed by atoms with E-state index in [1.165, 1.54) is 6.07 Å². The lowest BCUT2D eigenvalue weighted by Crippen LogP contribution is -2.54. The summed E-state index contributed by atoms with van der Waals surface area (Å²) in [7, 11) is 0. The molecule has 0 spiro atoms. The van der Waals surface area contributed by atoms with Crippen LogP contribution in [-0.2, 0) is 11.3 Å². The monoisotopic (exact) mass is 306 g/mol. The minimum absolute atomic E-state index is 0.101. The van der Waals surface area contributed by atoms with Gasteiger partial charge >= 0.3 is 0 Å². The van der Waals surface area contributed by atoms with Crippen molar-refractivity contribution in [3.63, 3.8) is 0 Å². The van der Waals surface area contributed by atoms with Crippen LogP contribution in [0, 0.1) is 5.82 Å². The van der Waals surface area contributed by atoms with Gasteiger partial charge < -0.3 is 10.0 Å². The maximum Gasteiger partial charge on any atom is 0.254 e. The molecule has 0 atom stereocenters. The Bertz CT molecular complexity index is 535. The van der Waals surface area contributed by atoms with Gasteiger partial charge in [-0.05, 0) is 43.4 Å². The molecule has 3 rings (SSSR count). The molecular formula is C17H23FN2O2. The number of amides is 1. The zero-order chi connectivity index (χ0) is 15.6. The van der Waals surface area contributed by atoms with Crippen molar-refractivity contribution < 1.29 is 14.3 Å². The second-order valence-corrected chi connectivity index (χ2v) is 6.44. The highest BCUT2D eigenvalue weighted by molar-refractivity contribution is 5.85. The van der Waals surface area contributed by atoms with Crippen LogP contribution in [0.5, 0.6) is 0 Å². The molecule has 1 aromatic carbocycles. The highest BCUT2D eigenvalue weighted by Gasteiger charge is 2.42. The molecule has 1 aliphatic heterocycles. The number of piperazine rings is 1. The number of hydrogen-bond acceptors (Lipinski definition) is 3. The van der Waals surface area contributed by atoms with E-state index in [4.69, 9.17) is 0 Å². The van der Waals surface area contributed by atoms with Crippen LogP contribution in [0.25, 0.3) is 0 Å². The number of aliphatic hydroxyl groups is 1. The molecule has 1 N–H and O–H groups in total. The van der Waals surface area contributed by atoms with E-state index in [0.717, 1.165) is 31.5 Å². The van der Waals surface area contributed by atoms with Crippen molar-refractivity contribution in [2.75, 3.05) is 26.2 Å². The number of carbonyl (C=O) groups excluding carboxylic acids is 1. The Morgan fingerprint density at radius 1 is 1.18 bits per heavy atom. The third kappa shape index (κ3) is 3.31. The number of carbonyl (C=O) groups is 1. The number of halogens is 1. The quantitative estimate of drug-likeness (QED) is 0.926. The van der Waals surface area contributed by atoms with Gasteiger partial charge in [-0.25, -0.2) is 4.39 Å². The molecule has 0 bridgehead atoms. The fraction of sp³-hybridized carbons (Fsp3) is 0.588. The van der Waals surface area contributed by atoms with E-state index in [1.807, 2.05) is 6.07 Å². The van der Waals surface area contributed by atoms with E-state index >= 15 is 0 Å². The summed E-state index contributed by atoms with van der Waals surface area (Å²) in [5.74, 6) is -0.315. The number of nitrogens with zero attached hydrogens (tertiary/aromatic N) is 2. The van der Waals surface area contributed by atoms with Crippen molar-refractivity contribution in [3.8, 4) is 0 Å². The lowest BCUT2D eigenvalue weighted by molar-refractivity contribution is -0.152. The Morgan fingerprint density at radius 3 is 2.50 bits per heavy atom. The summed E-state index contributed by atoms with van der Waals surface area (Å²) in [6.45, 7) is 3.49. The van der Waals surface area contributed by atoms with Gasteiger partial charge in [-0.3, -0.25) is 9.69 Å². The Morgan fingerprint density at radius 2 is 1.86 bits per heavy atom. The summed E-state index contributed by atoms with van der Waals surface area (Å²) in [5, 5.41) is 10.4. The molecule has 0 aromatic heterocycles. The molecule has 2 aliphatic rings. The van der Waals surface area contributed by atoms with E-state index < -0.39 is 5.60 Å². The van der Waals surface area contributed by atoms with Gasteiger partial charge in [0.05, 0.1) is 0 Å². The lowest BCUT2D eigenvalue weighted by atomic mass is 10.00. The Kier molecular flexibility index (Phi) is 4.45. The molecule has 5 heteroatoms.